The summed E-state index contributed by atoms with van der Waals surface area (Å²) in [5.74, 6) is 0.978. The van der Waals surface area contributed by atoms with E-state index < -0.39 is 0 Å². The van der Waals surface area contributed by atoms with Gasteiger partial charge in [-0.2, -0.15) is 0 Å². The van der Waals surface area contributed by atoms with Crippen LogP contribution in [0, 0.1) is 12.8 Å². The molecule has 0 unspecified atom stereocenters. The third-order valence-electron chi connectivity index (χ3n) is 3.85. The van der Waals surface area contributed by atoms with Gasteiger partial charge in [0, 0.05) is 38.4 Å². The molecular weight excluding hydrogens is 278 g/mol. The number of likely N-dealkylation sites (N-methyl/N-ethyl adjacent to an activating group) is 1. The minimum absolute atomic E-state index is 0.118. The number of carbonyl (C=O) groups excluding carboxylic acids is 1. The molecule has 0 atom stereocenters. The van der Waals surface area contributed by atoms with Gasteiger partial charge >= 0.3 is 0 Å². The number of carbonyl (C=O) groups is 1. The normalized spacial score (nSPS) is 16.1. The summed E-state index contributed by atoms with van der Waals surface area (Å²) < 4.78 is 0. The highest BCUT2D eigenvalue weighted by Crippen LogP contribution is 2.13. The second-order valence-corrected chi connectivity index (χ2v) is 6.22. The van der Waals surface area contributed by atoms with E-state index in [2.05, 4.69) is 45.9 Å². The van der Waals surface area contributed by atoms with Gasteiger partial charge in [-0.15, -0.1) is 0 Å². The van der Waals surface area contributed by atoms with Gasteiger partial charge in [0.25, 0.3) is 5.91 Å². The molecule has 1 fully saturated rings. The number of piperazine rings is 1. The van der Waals surface area contributed by atoms with Crippen molar-refractivity contribution in [1.29, 1.82) is 0 Å². The van der Waals surface area contributed by atoms with Crippen LogP contribution in [0.25, 0.3) is 0 Å². The Kier molecular flexibility index (Phi) is 5.71. The van der Waals surface area contributed by atoms with Crippen LogP contribution in [0.4, 0.5) is 5.95 Å². The summed E-state index contributed by atoms with van der Waals surface area (Å²) in [6.07, 6.45) is 0. The molecule has 2 heterocycles. The molecule has 0 bridgehead atoms. The molecule has 1 aromatic heterocycles. The maximum Gasteiger partial charge on any atom is 0.270 e. The fourth-order valence-corrected chi connectivity index (χ4v) is 2.46. The Morgan fingerprint density at radius 2 is 1.95 bits per heavy atom. The Balaban J connectivity index is 2.08. The molecule has 1 aliphatic rings. The molecule has 1 N–H and O–H groups in total. The third-order valence-corrected chi connectivity index (χ3v) is 3.85. The molecule has 0 radical (unpaired) electrons. The minimum Gasteiger partial charge on any atom is -0.350 e. The third kappa shape index (κ3) is 4.40. The number of amides is 1. The van der Waals surface area contributed by atoms with Crippen molar-refractivity contribution < 1.29 is 4.79 Å². The van der Waals surface area contributed by atoms with Gasteiger partial charge in [0.1, 0.15) is 5.69 Å². The summed E-state index contributed by atoms with van der Waals surface area (Å²) in [6.45, 7) is 13.8. The molecule has 1 amide bonds. The van der Waals surface area contributed by atoms with Crippen LogP contribution < -0.4 is 10.2 Å². The molecular formula is C16H27N5O. The zero-order chi connectivity index (χ0) is 16.1. The lowest BCUT2D eigenvalue weighted by molar-refractivity contribution is 0.0943. The molecule has 1 aliphatic heterocycles. The predicted molar refractivity (Wildman–Crippen MR) is 88.3 cm³/mol. The fourth-order valence-electron chi connectivity index (χ4n) is 2.46. The van der Waals surface area contributed by atoms with E-state index >= 15 is 0 Å². The maximum absolute atomic E-state index is 12.2. The number of hydrogen-bond donors (Lipinski definition) is 1. The van der Waals surface area contributed by atoms with E-state index in [1.165, 1.54) is 0 Å². The molecule has 2 rings (SSSR count). The number of aromatic nitrogens is 2. The van der Waals surface area contributed by atoms with Gasteiger partial charge in [-0.05, 0) is 25.5 Å². The van der Waals surface area contributed by atoms with Crippen molar-refractivity contribution in [1.82, 2.24) is 20.2 Å². The summed E-state index contributed by atoms with van der Waals surface area (Å²) in [5.41, 5.74) is 1.29. The average Bonchev–Trinajstić information content (AvgIpc) is 2.52. The molecule has 22 heavy (non-hydrogen) atoms. The van der Waals surface area contributed by atoms with Crippen LogP contribution in [0.15, 0.2) is 6.07 Å². The highest BCUT2D eigenvalue weighted by atomic mass is 16.1. The number of nitrogens with one attached hydrogen (secondary N) is 1. The molecule has 0 spiro atoms. The monoisotopic (exact) mass is 305 g/mol. The number of aryl methyl sites for hydroxylation is 1. The highest BCUT2D eigenvalue weighted by Gasteiger charge is 2.19. The fraction of sp³-hybridized carbons (Fsp3) is 0.688. The van der Waals surface area contributed by atoms with Crippen molar-refractivity contribution >= 4 is 11.9 Å². The first-order valence-electron chi connectivity index (χ1n) is 8.10. The van der Waals surface area contributed by atoms with Gasteiger partial charge in [0.15, 0.2) is 0 Å². The standard InChI is InChI=1S/C16H27N5O/c1-5-20-6-8-21(9-7-20)16-18-13(4)10-14(19-16)15(22)17-11-12(2)3/h10,12H,5-9,11H2,1-4H3,(H,17,22). The van der Waals surface area contributed by atoms with Crippen LogP contribution in [-0.4, -0.2) is 60.0 Å². The van der Waals surface area contributed by atoms with Gasteiger partial charge in [-0.25, -0.2) is 9.97 Å². The summed E-state index contributed by atoms with van der Waals surface area (Å²) in [7, 11) is 0. The van der Waals surface area contributed by atoms with E-state index in [0.29, 0.717) is 24.1 Å². The highest BCUT2D eigenvalue weighted by molar-refractivity contribution is 5.92. The van der Waals surface area contributed by atoms with Gasteiger partial charge in [-0.1, -0.05) is 20.8 Å². The predicted octanol–water partition coefficient (Wildman–Crippen LogP) is 1.31. The Morgan fingerprint density at radius 1 is 1.27 bits per heavy atom. The van der Waals surface area contributed by atoms with Crippen LogP contribution in [0.2, 0.25) is 0 Å². The van der Waals surface area contributed by atoms with Crippen molar-refractivity contribution in [2.45, 2.75) is 27.7 Å². The molecule has 1 saturated heterocycles. The molecule has 6 heteroatoms. The number of hydrogen-bond acceptors (Lipinski definition) is 5. The Hall–Kier alpha value is -1.69. The summed E-state index contributed by atoms with van der Waals surface area (Å²) in [6, 6.07) is 1.75. The first-order chi connectivity index (χ1) is 10.5. The summed E-state index contributed by atoms with van der Waals surface area (Å²) in [4.78, 5) is 25.7. The zero-order valence-electron chi connectivity index (χ0n) is 14.1. The zero-order valence-corrected chi connectivity index (χ0v) is 14.1. The molecule has 6 nitrogen and oxygen atoms in total. The topological polar surface area (TPSA) is 61.4 Å². The lowest BCUT2D eigenvalue weighted by atomic mass is 10.2. The molecule has 1 aromatic rings. The van der Waals surface area contributed by atoms with Crippen molar-refractivity contribution in [3.8, 4) is 0 Å². The Bertz CT molecular complexity index is 509. The van der Waals surface area contributed by atoms with Crippen LogP contribution in [-0.2, 0) is 0 Å². The van der Waals surface area contributed by atoms with Gasteiger partial charge in [-0.3, -0.25) is 4.79 Å². The number of nitrogens with zero attached hydrogens (tertiary/aromatic N) is 4. The SMILES string of the molecule is CCN1CCN(c2nc(C)cc(C(=O)NCC(C)C)n2)CC1. The molecule has 122 valence electrons. The van der Waals surface area contributed by atoms with E-state index in [1.807, 2.05) is 6.92 Å². The number of rotatable bonds is 5. The smallest absolute Gasteiger partial charge is 0.270 e. The summed E-state index contributed by atoms with van der Waals surface area (Å²) >= 11 is 0. The van der Waals surface area contributed by atoms with E-state index in [0.717, 1.165) is 38.4 Å². The van der Waals surface area contributed by atoms with Crippen molar-refractivity contribution in [2.75, 3.05) is 44.2 Å². The van der Waals surface area contributed by atoms with E-state index in [-0.39, 0.29) is 5.91 Å². The molecule has 0 aliphatic carbocycles. The van der Waals surface area contributed by atoms with Crippen LogP contribution in [0.5, 0.6) is 0 Å². The van der Waals surface area contributed by atoms with Crippen molar-refractivity contribution in [3.63, 3.8) is 0 Å². The van der Waals surface area contributed by atoms with Gasteiger partial charge in [0.05, 0.1) is 0 Å². The second-order valence-electron chi connectivity index (χ2n) is 6.22. The van der Waals surface area contributed by atoms with Crippen LogP contribution >= 0.6 is 0 Å². The first-order valence-corrected chi connectivity index (χ1v) is 8.10. The Morgan fingerprint density at radius 3 is 2.55 bits per heavy atom. The number of anilines is 1. The van der Waals surface area contributed by atoms with Crippen molar-refractivity contribution in [2.24, 2.45) is 5.92 Å². The second kappa shape index (κ2) is 7.54. The van der Waals surface area contributed by atoms with E-state index in [4.69, 9.17) is 0 Å². The maximum atomic E-state index is 12.2. The lowest BCUT2D eigenvalue weighted by Crippen LogP contribution is -2.47. The largest absolute Gasteiger partial charge is 0.350 e. The lowest BCUT2D eigenvalue weighted by Gasteiger charge is -2.34. The Labute approximate surface area is 132 Å². The quantitative estimate of drug-likeness (QED) is 0.889. The average molecular weight is 305 g/mol. The minimum atomic E-state index is -0.118. The van der Waals surface area contributed by atoms with Crippen molar-refractivity contribution in [3.05, 3.63) is 17.5 Å². The van der Waals surface area contributed by atoms with Crippen LogP contribution in [0.3, 0.4) is 0 Å². The first kappa shape index (κ1) is 16.7. The summed E-state index contributed by atoms with van der Waals surface area (Å²) in [5, 5.41) is 2.92. The van der Waals surface area contributed by atoms with Gasteiger partial charge in [0.2, 0.25) is 5.95 Å². The van der Waals surface area contributed by atoms with E-state index in [1.54, 1.807) is 6.07 Å². The molecule has 0 aromatic carbocycles. The van der Waals surface area contributed by atoms with Crippen LogP contribution in [0.1, 0.15) is 37.0 Å². The molecule has 0 saturated carbocycles. The van der Waals surface area contributed by atoms with E-state index in [9.17, 15) is 4.79 Å². The van der Waals surface area contributed by atoms with Gasteiger partial charge < -0.3 is 15.1 Å².